The predicted octanol–water partition coefficient (Wildman–Crippen LogP) is 5.00. The van der Waals surface area contributed by atoms with Crippen molar-refractivity contribution in [2.45, 2.75) is 36.0 Å². The van der Waals surface area contributed by atoms with Gasteiger partial charge in [-0.3, -0.25) is 4.72 Å². The Bertz CT molecular complexity index is 1620. The summed E-state index contributed by atoms with van der Waals surface area (Å²) in [6.07, 6.45) is 6.44. The minimum atomic E-state index is -4.03. The maximum Gasteiger partial charge on any atom is 0.337 e. The van der Waals surface area contributed by atoms with E-state index in [2.05, 4.69) is 24.7 Å². The fraction of sp³-hybridized carbons (Fsp3) is 0.276. The van der Waals surface area contributed by atoms with Crippen LogP contribution in [0.15, 0.2) is 77.0 Å². The lowest BCUT2D eigenvalue weighted by Crippen LogP contribution is -2.17. The topological polar surface area (TPSA) is 142 Å². The molecule has 0 unspecified atom stereocenters. The molecule has 0 radical (unpaired) electrons. The van der Waals surface area contributed by atoms with Crippen molar-refractivity contribution < 1.29 is 27.4 Å². The number of rotatable bonds is 11. The molecule has 0 spiro atoms. The number of nitrogens with zero attached hydrogens (tertiary/aromatic N) is 4. The Kier molecular flexibility index (Phi) is 9.63. The van der Waals surface area contributed by atoms with Gasteiger partial charge in [-0.15, -0.1) is 11.8 Å². The molecule has 0 amide bonds. The predicted molar refractivity (Wildman–Crippen MR) is 160 cm³/mol. The van der Waals surface area contributed by atoms with Gasteiger partial charge in [0.15, 0.2) is 5.82 Å². The van der Waals surface area contributed by atoms with Gasteiger partial charge in [-0.1, -0.05) is 45.0 Å². The standard InChI is InChI=1S/C29H31N5O6S2/c1-29(2,3)21-10-12-23(13-11-21)42(36,37)34-25-24(19-6-8-20(9-7-19)27(35)38-4)26(33-18-32-25)39-14-15-40-28-30-16-22(41-5)17-31-28/h6-13,16-18H,14-15H2,1-5H3,(H,32,33,34). The third-order valence-corrected chi connectivity index (χ3v) is 8.10. The Hall–Kier alpha value is -4.23. The van der Waals surface area contributed by atoms with E-state index in [1.165, 1.54) is 25.2 Å². The Morgan fingerprint density at radius 1 is 0.905 bits per heavy atom. The molecule has 4 rings (SSSR count). The second kappa shape index (κ2) is 13.2. The molecule has 0 atom stereocenters. The van der Waals surface area contributed by atoms with Crippen LogP contribution in [-0.4, -0.2) is 60.9 Å². The highest BCUT2D eigenvalue weighted by molar-refractivity contribution is 7.98. The van der Waals surface area contributed by atoms with Crippen LogP contribution in [0.4, 0.5) is 5.82 Å². The van der Waals surface area contributed by atoms with Gasteiger partial charge in [-0.25, -0.2) is 33.1 Å². The largest absolute Gasteiger partial charge is 0.473 e. The maximum absolute atomic E-state index is 13.4. The number of thioether (sulfide) groups is 1. The second-order valence-corrected chi connectivity index (χ2v) is 12.5. The number of benzene rings is 2. The molecule has 42 heavy (non-hydrogen) atoms. The van der Waals surface area contributed by atoms with Gasteiger partial charge < -0.3 is 14.2 Å². The molecule has 0 aliphatic heterocycles. The molecule has 0 saturated carbocycles. The molecule has 0 bridgehead atoms. The van der Waals surface area contributed by atoms with Crippen LogP contribution in [0, 0.1) is 0 Å². The van der Waals surface area contributed by atoms with Crippen molar-refractivity contribution in [2.75, 3.05) is 31.3 Å². The van der Waals surface area contributed by atoms with Gasteiger partial charge in [-0.05, 0) is 47.1 Å². The number of ether oxygens (including phenoxy) is 3. The molecule has 0 aliphatic carbocycles. The zero-order chi connectivity index (χ0) is 30.3. The first-order valence-electron chi connectivity index (χ1n) is 12.8. The number of anilines is 1. The summed E-state index contributed by atoms with van der Waals surface area (Å²) in [4.78, 5) is 29.7. The highest BCUT2D eigenvalue weighted by Gasteiger charge is 2.23. The number of carbonyl (C=O) groups excluding carboxylic acids is 1. The van der Waals surface area contributed by atoms with E-state index in [0.29, 0.717) is 11.1 Å². The summed E-state index contributed by atoms with van der Waals surface area (Å²) in [5.74, 6) is -0.395. The summed E-state index contributed by atoms with van der Waals surface area (Å²) in [7, 11) is -2.74. The maximum atomic E-state index is 13.4. The van der Waals surface area contributed by atoms with Gasteiger partial charge in [0.05, 0.1) is 23.1 Å². The zero-order valence-electron chi connectivity index (χ0n) is 23.8. The number of esters is 1. The molecule has 4 aromatic rings. The van der Waals surface area contributed by atoms with Crippen LogP contribution in [0.2, 0.25) is 0 Å². The van der Waals surface area contributed by atoms with Gasteiger partial charge >= 0.3 is 12.0 Å². The van der Waals surface area contributed by atoms with E-state index in [1.54, 1.807) is 60.9 Å². The SMILES string of the molecule is COC(=O)c1ccc(-c2c(NS(=O)(=O)c3ccc(C(C)(C)C)cc3)ncnc2OCCOc2ncc(SC)cn2)cc1. The highest BCUT2D eigenvalue weighted by atomic mass is 32.2. The molecule has 0 fully saturated rings. The lowest BCUT2D eigenvalue weighted by molar-refractivity contribution is 0.0600. The van der Waals surface area contributed by atoms with Crippen molar-refractivity contribution in [3.8, 4) is 23.0 Å². The first-order valence-corrected chi connectivity index (χ1v) is 15.5. The molecular formula is C29H31N5O6S2. The van der Waals surface area contributed by atoms with E-state index in [0.717, 1.165) is 10.5 Å². The summed E-state index contributed by atoms with van der Waals surface area (Å²) in [6.45, 7) is 6.31. The summed E-state index contributed by atoms with van der Waals surface area (Å²) in [6, 6.07) is 13.2. The molecule has 2 heterocycles. The molecule has 220 valence electrons. The number of carbonyl (C=O) groups is 1. The molecule has 1 N–H and O–H groups in total. The van der Waals surface area contributed by atoms with Crippen molar-refractivity contribution in [1.82, 2.24) is 19.9 Å². The quantitative estimate of drug-likeness (QED) is 0.139. The summed E-state index contributed by atoms with van der Waals surface area (Å²) < 4.78 is 45.6. The Labute approximate surface area is 249 Å². The number of hydrogen-bond acceptors (Lipinski definition) is 11. The van der Waals surface area contributed by atoms with Crippen LogP contribution < -0.4 is 14.2 Å². The molecule has 11 nitrogen and oxygen atoms in total. The smallest absolute Gasteiger partial charge is 0.337 e. The van der Waals surface area contributed by atoms with E-state index < -0.39 is 16.0 Å². The highest BCUT2D eigenvalue weighted by Crippen LogP contribution is 2.35. The van der Waals surface area contributed by atoms with Crippen LogP contribution in [0.25, 0.3) is 11.1 Å². The van der Waals surface area contributed by atoms with Crippen LogP contribution in [-0.2, 0) is 20.2 Å². The molecule has 13 heteroatoms. The third kappa shape index (κ3) is 7.53. The number of aromatic nitrogens is 4. The Morgan fingerprint density at radius 3 is 2.14 bits per heavy atom. The first kappa shape index (κ1) is 30.7. The number of nitrogens with one attached hydrogen (secondary N) is 1. The average molecular weight is 610 g/mol. The Morgan fingerprint density at radius 2 is 1.55 bits per heavy atom. The number of sulfonamides is 1. The number of methoxy groups -OCH3 is 1. The fourth-order valence-corrected chi connectivity index (χ4v) is 5.12. The summed E-state index contributed by atoms with van der Waals surface area (Å²) in [5.41, 5.74) is 1.98. The normalized spacial score (nSPS) is 11.5. The van der Waals surface area contributed by atoms with Gasteiger partial charge in [0.25, 0.3) is 10.0 Å². The van der Waals surface area contributed by atoms with E-state index >= 15 is 0 Å². The van der Waals surface area contributed by atoms with E-state index in [9.17, 15) is 13.2 Å². The van der Waals surface area contributed by atoms with E-state index in [-0.39, 0.29) is 46.8 Å². The van der Waals surface area contributed by atoms with Crippen LogP contribution >= 0.6 is 11.8 Å². The van der Waals surface area contributed by atoms with Crippen LogP contribution in [0.1, 0.15) is 36.7 Å². The molecule has 2 aromatic heterocycles. The fourth-order valence-electron chi connectivity index (χ4n) is 3.78. The van der Waals surface area contributed by atoms with Crippen molar-refractivity contribution >= 4 is 33.6 Å². The van der Waals surface area contributed by atoms with Crippen LogP contribution in [0.5, 0.6) is 11.9 Å². The Balaban J connectivity index is 1.62. The average Bonchev–Trinajstić information content (AvgIpc) is 2.99. The molecular weight excluding hydrogens is 578 g/mol. The van der Waals surface area contributed by atoms with Gasteiger partial charge in [0, 0.05) is 17.3 Å². The summed E-state index contributed by atoms with van der Waals surface area (Å²) in [5, 5.41) is 0. The van der Waals surface area contributed by atoms with E-state index in [1.807, 2.05) is 27.0 Å². The van der Waals surface area contributed by atoms with Gasteiger partial charge in [-0.2, -0.15) is 0 Å². The second-order valence-electron chi connectivity index (χ2n) is 9.95. The monoisotopic (exact) mass is 609 g/mol. The third-order valence-electron chi connectivity index (χ3n) is 6.06. The van der Waals surface area contributed by atoms with E-state index in [4.69, 9.17) is 14.2 Å². The molecule has 0 aliphatic rings. The van der Waals surface area contributed by atoms with Gasteiger partial charge in [0.1, 0.15) is 19.5 Å². The zero-order valence-corrected chi connectivity index (χ0v) is 25.5. The lowest BCUT2D eigenvalue weighted by atomic mass is 9.87. The molecule has 0 saturated heterocycles. The van der Waals surface area contributed by atoms with Crippen molar-refractivity contribution in [3.05, 3.63) is 78.4 Å². The van der Waals surface area contributed by atoms with Crippen molar-refractivity contribution in [2.24, 2.45) is 0 Å². The van der Waals surface area contributed by atoms with Crippen molar-refractivity contribution in [3.63, 3.8) is 0 Å². The van der Waals surface area contributed by atoms with Crippen LogP contribution in [0.3, 0.4) is 0 Å². The van der Waals surface area contributed by atoms with Gasteiger partial charge in [0.2, 0.25) is 5.88 Å². The lowest BCUT2D eigenvalue weighted by Gasteiger charge is -2.19. The first-order chi connectivity index (χ1) is 20.0. The number of hydrogen-bond donors (Lipinski definition) is 1. The minimum Gasteiger partial charge on any atom is -0.473 e. The molecule has 2 aromatic carbocycles. The summed E-state index contributed by atoms with van der Waals surface area (Å²) >= 11 is 1.52. The van der Waals surface area contributed by atoms with Crippen molar-refractivity contribution in [1.29, 1.82) is 0 Å². The minimum absolute atomic E-state index is 0.00243.